The SMILES string of the molecule is CCOc1ccccc1-c1n[nH]c2c1CNCC2. The predicted octanol–water partition coefficient (Wildman–Crippen LogP) is 2.12. The van der Waals surface area contributed by atoms with Gasteiger partial charge in [-0.25, -0.2) is 0 Å². The van der Waals surface area contributed by atoms with Crippen LogP contribution in [0.5, 0.6) is 5.75 Å². The molecule has 94 valence electrons. The average Bonchev–Trinajstić information content (AvgIpc) is 2.84. The van der Waals surface area contributed by atoms with Crippen LogP contribution in [0.25, 0.3) is 11.3 Å². The second-order valence-electron chi connectivity index (χ2n) is 4.39. The molecule has 0 saturated heterocycles. The molecule has 1 aliphatic heterocycles. The first-order valence-electron chi connectivity index (χ1n) is 6.39. The number of hydrogen-bond acceptors (Lipinski definition) is 3. The van der Waals surface area contributed by atoms with E-state index in [-0.39, 0.29) is 0 Å². The second-order valence-corrected chi connectivity index (χ2v) is 4.39. The van der Waals surface area contributed by atoms with Gasteiger partial charge in [-0.3, -0.25) is 5.10 Å². The summed E-state index contributed by atoms with van der Waals surface area (Å²) < 4.78 is 5.68. The molecule has 4 nitrogen and oxygen atoms in total. The smallest absolute Gasteiger partial charge is 0.128 e. The van der Waals surface area contributed by atoms with Crippen LogP contribution in [0.2, 0.25) is 0 Å². The second kappa shape index (κ2) is 4.82. The van der Waals surface area contributed by atoms with Gasteiger partial charge in [0.1, 0.15) is 11.4 Å². The van der Waals surface area contributed by atoms with Gasteiger partial charge in [-0.05, 0) is 19.1 Å². The van der Waals surface area contributed by atoms with Gasteiger partial charge in [0, 0.05) is 36.3 Å². The minimum absolute atomic E-state index is 0.669. The summed E-state index contributed by atoms with van der Waals surface area (Å²) in [7, 11) is 0. The molecule has 1 aromatic carbocycles. The van der Waals surface area contributed by atoms with Gasteiger partial charge in [0.2, 0.25) is 0 Å². The van der Waals surface area contributed by atoms with Crippen LogP contribution in [-0.4, -0.2) is 23.3 Å². The Kier molecular flexibility index (Phi) is 3.02. The minimum atomic E-state index is 0.669. The molecule has 0 amide bonds. The van der Waals surface area contributed by atoms with E-state index in [1.54, 1.807) is 0 Å². The number of aromatic amines is 1. The molecule has 0 atom stereocenters. The van der Waals surface area contributed by atoms with Gasteiger partial charge in [0.05, 0.1) is 6.61 Å². The van der Waals surface area contributed by atoms with Crippen LogP contribution in [-0.2, 0) is 13.0 Å². The highest BCUT2D eigenvalue weighted by Gasteiger charge is 2.19. The highest BCUT2D eigenvalue weighted by molar-refractivity contribution is 5.70. The molecule has 3 rings (SSSR count). The van der Waals surface area contributed by atoms with Crippen molar-refractivity contribution in [3.05, 3.63) is 35.5 Å². The van der Waals surface area contributed by atoms with Crippen molar-refractivity contribution in [3.63, 3.8) is 0 Å². The van der Waals surface area contributed by atoms with Gasteiger partial charge in [-0.15, -0.1) is 0 Å². The summed E-state index contributed by atoms with van der Waals surface area (Å²) >= 11 is 0. The number of nitrogens with zero attached hydrogens (tertiary/aromatic N) is 1. The van der Waals surface area contributed by atoms with E-state index in [4.69, 9.17) is 4.74 Å². The molecule has 2 aromatic rings. The molecule has 1 aromatic heterocycles. The number of nitrogens with one attached hydrogen (secondary N) is 2. The summed E-state index contributed by atoms with van der Waals surface area (Å²) in [5.74, 6) is 0.903. The molecule has 1 aliphatic rings. The summed E-state index contributed by atoms with van der Waals surface area (Å²) in [5, 5.41) is 11.0. The topological polar surface area (TPSA) is 49.9 Å². The van der Waals surface area contributed by atoms with E-state index in [1.165, 1.54) is 11.3 Å². The standard InChI is InChI=1S/C14H17N3O/c1-2-18-13-6-4-3-5-10(13)14-11-9-15-8-7-12(11)16-17-14/h3-6,15H,2,7-9H2,1H3,(H,16,17). The quantitative estimate of drug-likeness (QED) is 0.868. The van der Waals surface area contributed by atoms with Crippen molar-refractivity contribution in [3.8, 4) is 17.0 Å². The first-order chi connectivity index (χ1) is 8.90. The van der Waals surface area contributed by atoms with Crippen molar-refractivity contribution >= 4 is 0 Å². The summed E-state index contributed by atoms with van der Waals surface area (Å²) in [6, 6.07) is 8.08. The van der Waals surface area contributed by atoms with Gasteiger partial charge in [0.25, 0.3) is 0 Å². The predicted molar refractivity (Wildman–Crippen MR) is 70.6 cm³/mol. The molecule has 0 unspecified atom stereocenters. The molecule has 0 spiro atoms. The van der Waals surface area contributed by atoms with Gasteiger partial charge in [0.15, 0.2) is 0 Å². The number of H-pyrrole nitrogens is 1. The number of aromatic nitrogens is 2. The lowest BCUT2D eigenvalue weighted by Gasteiger charge is -2.14. The maximum atomic E-state index is 5.68. The number of rotatable bonds is 3. The van der Waals surface area contributed by atoms with Gasteiger partial charge >= 0.3 is 0 Å². The summed E-state index contributed by atoms with van der Waals surface area (Å²) in [6.07, 6.45) is 1.01. The van der Waals surface area contributed by atoms with Crippen LogP contribution >= 0.6 is 0 Å². The van der Waals surface area contributed by atoms with E-state index in [0.29, 0.717) is 6.61 Å². The summed E-state index contributed by atoms with van der Waals surface area (Å²) in [4.78, 5) is 0. The molecular formula is C14H17N3O. The Bertz CT molecular complexity index is 548. The Labute approximate surface area is 106 Å². The zero-order chi connectivity index (χ0) is 12.4. The van der Waals surface area contributed by atoms with Crippen molar-refractivity contribution in [2.45, 2.75) is 19.9 Å². The van der Waals surface area contributed by atoms with E-state index < -0.39 is 0 Å². The largest absolute Gasteiger partial charge is 0.493 e. The third-order valence-electron chi connectivity index (χ3n) is 3.25. The first-order valence-corrected chi connectivity index (χ1v) is 6.39. The normalized spacial score (nSPS) is 14.3. The van der Waals surface area contributed by atoms with E-state index in [2.05, 4.69) is 21.6 Å². The number of fused-ring (bicyclic) bond motifs is 1. The molecule has 18 heavy (non-hydrogen) atoms. The van der Waals surface area contributed by atoms with Crippen LogP contribution in [0, 0.1) is 0 Å². The van der Waals surface area contributed by atoms with Crippen molar-refractivity contribution in [2.24, 2.45) is 0 Å². The maximum absolute atomic E-state index is 5.68. The van der Waals surface area contributed by atoms with Crippen LogP contribution in [0.1, 0.15) is 18.2 Å². The fourth-order valence-corrected chi connectivity index (χ4v) is 2.39. The Morgan fingerprint density at radius 1 is 1.33 bits per heavy atom. The van der Waals surface area contributed by atoms with Crippen molar-refractivity contribution < 1.29 is 4.74 Å². The maximum Gasteiger partial charge on any atom is 0.128 e. The molecule has 2 heterocycles. The highest BCUT2D eigenvalue weighted by Crippen LogP contribution is 2.32. The molecular weight excluding hydrogens is 226 g/mol. The highest BCUT2D eigenvalue weighted by atomic mass is 16.5. The van der Waals surface area contributed by atoms with Gasteiger partial charge in [-0.2, -0.15) is 5.10 Å². The Morgan fingerprint density at radius 2 is 2.22 bits per heavy atom. The molecule has 0 fully saturated rings. The van der Waals surface area contributed by atoms with Crippen LogP contribution in [0.15, 0.2) is 24.3 Å². The van der Waals surface area contributed by atoms with Crippen LogP contribution < -0.4 is 10.1 Å². The number of hydrogen-bond donors (Lipinski definition) is 2. The third kappa shape index (κ3) is 1.88. The van der Waals surface area contributed by atoms with E-state index >= 15 is 0 Å². The molecule has 2 N–H and O–H groups in total. The monoisotopic (exact) mass is 243 g/mol. The van der Waals surface area contributed by atoms with E-state index in [0.717, 1.165) is 36.5 Å². The summed E-state index contributed by atoms with van der Waals surface area (Å²) in [6.45, 7) is 4.56. The lowest BCUT2D eigenvalue weighted by molar-refractivity contribution is 0.341. The number of para-hydroxylation sites is 1. The fraction of sp³-hybridized carbons (Fsp3) is 0.357. The lowest BCUT2D eigenvalue weighted by Crippen LogP contribution is -2.23. The van der Waals surface area contributed by atoms with Crippen LogP contribution in [0.3, 0.4) is 0 Å². The average molecular weight is 243 g/mol. The molecule has 4 heteroatoms. The third-order valence-corrected chi connectivity index (χ3v) is 3.25. The minimum Gasteiger partial charge on any atom is -0.493 e. The van der Waals surface area contributed by atoms with Crippen molar-refractivity contribution in [1.29, 1.82) is 0 Å². The zero-order valence-electron chi connectivity index (χ0n) is 10.5. The van der Waals surface area contributed by atoms with E-state index in [1.807, 2.05) is 25.1 Å². The lowest BCUT2D eigenvalue weighted by atomic mass is 10.0. The number of benzene rings is 1. The van der Waals surface area contributed by atoms with Crippen molar-refractivity contribution in [1.82, 2.24) is 15.5 Å². The molecule has 0 aliphatic carbocycles. The first kappa shape index (κ1) is 11.3. The van der Waals surface area contributed by atoms with E-state index in [9.17, 15) is 0 Å². The van der Waals surface area contributed by atoms with Gasteiger partial charge < -0.3 is 10.1 Å². The Morgan fingerprint density at radius 3 is 3.11 bits per heavy atom. The molecule has 0 radical (unpaired) electrons. The molecule has 0 bridgehead atoms. The van der Waals surface area contributed by atoms with Crippen LogP contribution in [0.4, 0.5) is 0 Å². The summed E-state index contributed by atoms with van der Waals surface area (Å²) in [5.41, 5.74) is 4.60. The Balaban J connectivity index is 2.07. The Hall–Kier alpha value is -1.81. The fourth-order valence-electron chi connectivity index (χ4n) is 2.39. The zero-order valence-corrected chi connectivity index (χ0v) is 10.5. The van der Waals surface area contributed by atoms with Crippen molar-refractivity contribution in [2.75, 3.05) is 13.2 Å². The number of ether oxygens (including phenoxy) is 1. The van der Waals surface area contributed by atoms with Gasteiger partial charge in [-0.1, -0.05) is 12.1 Å². The molecule has 0 saturated carbocycles.